The summed E-state index contributed by atoms with van der Waals surface area (Å²) in [5, 5.41) is 25.0. The lowest BCUT2D eigenvalue weighted by molar-refractivity contribution is 0.165. The second-order valence-electron chi connectivity index (χ2n) is 6.23. The van der Waals surface area contributed by atoms with Crippen LogP contribution in [-0.2, 0) is 0 Å². The van der Waals surface area contributed by atoms with Gasteiger partial charge >= 0.3 is 0 Å². The van der Waals surface area contributed by atoms with E-state index in [2.05, 4.69) is 6.07 Å². The Morgan fingerprint density at radius 3 is 2.20 bits per heavy atom. The number of fused-ring (bicyclic) bond motifs is 2. The van der Waals surface area contributed by atoms with Crippen molar-refractivity contribution in [3.8, 4) is 6.07 Å². The summed E-state index contributed by atoms with van der Waals surface area (Å²) in [7, 11) is 0. The summed E-state index contributed by atoms with van der Waals surface area (Å²) < 4.78 is 0. The van der Waals surface area contributed by atoms with Crippen molar-refractivity contribution < 1.29 is 5.11 Å². The van der Waals surface area contributed by atoms with Crippen molar-refractivity contribution in [3.05, 3.63) is 96.1 Å². The van der Waals surface area contributed by atoms with Crippen LogP contribution in [0.3, 0.4) is 0 Å². The molecule has 4 rings (SSSR count). The summed E-state index contributed by atoms with van der Waals surface area (Å²) in [6.45, 7) is 0. The average Bonchev–Trinajstić information content (AvgIpc) is 2.68. The van der Waals surface area contributed by atoms with E-state index >= 15 is 0 Å². The van der Waals surface area contributed by atoms with Gasteiger partial charge in [0.1, 0.15) is 5.92 Å². The first-order chi connectivity index (χ1) is 12.3. The Bertz CT molecular complexity index is 1090. The molecule has 1 N–H and O–H groups in total. The van der Waals surface area contributed by atoms with E-state index in [1.807, 2.05) is 84.9 Å². The predicted molar refractivity (Wildman–Crippen MR) is 101 cm³/mol. The van der Waals surface area contributed by atoms with Crippen LogP contribution in [0.5, 0.6) is 0 Å². The zero-order valence-electron chi connectivity index (χ0n) is 13.6. The summed E-state index contributed by atoms with van der Waals surface area (Å²) in [6.07, 6.45) is -0.875. The molecule has 0 fully saturated rings. The van der Waals surface area contributed by atoms with Gasteiger partial charge in [0, 0.05) is 0 Å². The molecule has 0 aliphatic rings. The molecule has 120 valence electrons. The van der Waals surface area contributed by atoms with Crippen LogP contribution in [0.15, 0.2) is 84.9 Å². The highest BCUT2D eigenvalue weighted by atomic mass is 16.3. The number of nitrogens with zero attached hydrogens (tertiary/aromatic N) is 1. The highest BCUT2D eigenvalue weighted by Crippen LogP contribution is 2.35. The number of hydrogen-bond donors (Lipinski definition) is 1. The highest BCUT2D eigenvalue weighted by molar-refractivity contribution is 5.87. The highest BCUT2D eigenvalue weighted by Gasteiger charge is 2.24. The SMILES string of the molecule is N#C[C@H](c1cccc2ccccc12)[C@H](O)c1ccc2ccccc2c1. The van der Waals surface area contributed by atoms with Gasteiger partial charge in [-0.2, -0.15) is 5.26 Å². The lowest BCUT2D eigenvalue weighted by Gasteiger charge is -2.19. The molecule has 0 aliphatic heterocycles. The maximum Gasteiger partial charge on any atom is 0.102 e. The van der Waals surface area contributed by atoms with Crippen molar-refractivity contribution in [2.45, 2.75) is 12.0 Å². The van der Waals surface area contributed by atoms with Gasteiger partial charge in [-0.25, -0.2) is 0 Å². The molecule has 0 aromatic heterocycles. The Labute approximate surface area is 146 Å². The predicted octanol–water partition coefficient (Wildman–Crippen LogP) is 5.33. The van der Waals surface area contributed by atoms with E-state index in [0.717, 1.165) is 32.7 Å². The van der Waals surface area contributed by atoms with Crippen molar-refractivity contribution in [2.24, 2.45) is 0 Å². The average molecular weight is 323 g/mol. The van der Waals surface area contributed by atoms with Gasteiger partial charge in [-0.15, -0.1) is 0 Å². The molecular formula is C23H17NO. The number of aliphatic hydroxyl groups is 1. The van der Waals surface area contributed by atoms with Crippen LogP contribution in [0.2, 0.25) is 0 Å². The van der Waals surface area contributed by atoms with Gasteiger partial charge in [-0.05, 0) is 38.7 Å². The third kappa shape index (κ3) is 2.76. The molecule has 0 aliphatic carbocycles. The summed E-state index contributed by atoms with van der Waals surface area (Å²) in [6, 6.07) is 30.1. The van der Waals surface area contributed by atoms with Crippen LogP contribution in [-0.4, -0.2) is 5.11 Å². The van der Waals surface area contributed by atoms with Crippen LogP contribution in [0.4, 0.5) is 0 Å². The monoisotopic (exact) mass is 323 g/mol. The number of benzene rings is 4. The van der Waals surface area contributed by atoms with Crippen molar-refractivity contribution in [1.82, 2.24) is 0 Å². The number of nitriles is 1. The molecular weight excluding hydrogens is 306 g/mol. The Kier molecular flexibility index (Phi) is 3.93. The van der Waals surface area contributed by atoms with Gasteiger partial charge in [0.2, 0.25) is 0 Å². The third-order valence-electron chi connectivity index (χ3n) is 4.73. The minimum Gasteiger partial charge on any atom is -0.387 e. The van der Waals surface area contributed by atoms with Crippen LogP contribution in [0, 0.1) is 11.3 Å². The molecule has 0 heterocycles. The molecule has 0 saturated heterocycles. The summed E-state index contributed by atoms with van der Waals surface area (Å²) in [4.78, 5) is 0. The molecule has 2 atom stereocenters. The van der Waals surface area contributed by atoms with Gasteiger partial charge in [-0.3, -0.25) is 0 Å². The first-order valence-electron chi connectivity index (χ1n) is 8.32. The maximum atomic E-state index is 10.9. The lowest BCUT2D eigenvalue weighted by atomic mass is 9.87. The Morgan fingerprint density at radius 1 is 0.720 bits per heavy atom. The van der Waals surface area contributed by atoms with Crippen LogP contribution < -0.4 is 0 Å². The van der Waals surface area contributed by atoms with E-state index in [-0.39, 0.29) is 0 Å². The van der Waals surface area contributed by atoms with Crippen LogP contribution in [0.1, 0.15) is 23.1 Å². The van der Waals surface area contributed by atoms with Gasteiger partial charge in [0.25, 0.3) is 0 Å². The normalized spacial score (nSPS) is 13.4. The Balaban J connectivity index is 1.80. The molecule has 4 aromatic rings. The molecule has 0 spiro atoms. The fraction of sp³-hybridized carbons (Fsp3) is 0.0870. The number of hydrogen-bond acceptors (Lipinski definition) is 2. The lowest BCUT2D eigenvalue weighted by Crippen LogP contribution is -2.09. The van der Waals surface area contributed by atoms with Gasteiger partial charge in [0.15, 0.2) is 0 Å². The standard InChI is InChI=1S/C23H17NO/c24-15-22(21-11-5-9-17-7-3-4-10-20(17)21)23(25)19-13-12-16-6-1-2-8-18(16)14-19/h1-14,22-23,25H/t22-,23-/m1/s1. The molecule has 2 heteroatoms. The van der Waals surface area contributed by atoms with E-state index in [1.54, 1.807) is 0 Å². The van der Waals surface area contributed by atoms with Gasteiger partial charge in [0.05, 0.1) is 12.2 Å². The number of rotatable bonds is 3. The van der Waals surface area contributed by atoms with E-state index < -0.39 is 12.0 Å². The summed E-state index contributed by atoms with van der Waals surface area (Å²) in [5.74, 6) is -0.618. The topological polar surface area (TPSA) is 44.0 Å². The molecule has 0 amide bonds. The summed E-state index contributed by atoms with van der Waals surface area (Å²) >= 11 is 0. The van der Waals surface area contributed by atoms with E-state index in [9.17, 15) is 10.4 Å². The molecule has 2 nitrogen and oxygen atoms in total. The van der Waals surface area contributed by atoms with Crippen molar-refractivity contribution in [3.63, 3.8) is 0 Å². The van der Waals surface area contributed by atoms with Crippen molar-refractivity contribution >= 4 is 21.5 Å². The van der Waals surface area contributed by atoms with E-state index in [0.29, 0.717) is 0 Å². The quantitative estimate of drug-likeness (QED) is 0.553. The Morgan fingerprint density at radius 2 is 1.40 bits per heavy atom. The fourth-order valence-electron chi connectivity index (χ4n) is 3.42. The molecule has 25 heavy (non-hydrogen) atoms. The first kappa shape index (κ1) is 15.4. The minimum absolute atomic E-state index is 0.618. The fourth-order valence-corrected chi connectivity index (χ4v) is 3.42. The second kappa shape index (κ2) is 6.39. The zero-order chi connectivity index (χ0) is 17.2. The molecule has 0 radical (unpaired) electrons. The van der Waals surface area contributed by atoms with Crippen LogP contribution in [0.25, 0.3) is 21.5 Å². The molecule has 0 bridgehead atoms. The van der Waals surface area contributed by atoms with Crippen molar-refractivity contribution in [1.29, 1.82) is 5.26 Å². The Hall–Kier alpha value is -3.15. The molecule has 4 aromatic carbocycles. The molecule has 0 saturated carbocycles. The second-order valence-corrected chi connectivity index (χ2v) is 6.23. The van der Waals surface area contributed by atoms with E-state index in [1.165, 1.54) is 0 Å². The number of aliphatic hydroxyl groups excluding tert-OH is 1. The first-order valence-corrected chi connectivity index (χ1v) is 8.32. The zero-order valence-corrected chi connectivity index (χ0v) is 13.6. The summed E-state index contributed by atoms with van der Waals surface area (Å²) in [5.41, 5.74) is 1.62. The maximum absolute atomic E-state index is 10.9. The minimum atomic E-state index is -0.875. The smallest absolute Gasteiger partial charge is 0.102 e. The van der Waals surface area contributed by atoms with Crippen LogP contribution >= 0.6 is 0 Å². The van der Waals surface area contributed by atoms with Gasteiger partial charge < -0.3 is 5.11 Å². The third-order valence-corrected chi connectivity index (χ3v) is 4.73. The van der Waals surface area contributed by atoms with Gasteiger partial charge in [-0.1, -0.05) is 78.9 Å². The molecule has 0 unspecified atom stereocenters. The van der Waals surface area contributed by atoms with E-state index in [4.69, 9.17) is 0 Å². The largest absolute Gasteiger partial charge is 0.387 e. The van der Waals surface area contributed by atoms with Crippen molar-refractivity contribution in [2.75, 3.05) is 0 Å².